The predicted octanol–water partition coefficient (Wildman–Crippen LogP) is 2.45. The van der Waals surface area contributed by atoms with E-state index in [1.54, 1.807) is 12.1 Å². The van der Waals surface area contributed by atoms with E-state index in [0.29, 0.717) is 29.3 Å². The average Bonchev–Trinajstić information content (AvgIpc) is 2.29. The molecule has 0 N–H and O–H groups in total. The summed E-state index contributed by atoms with van der Waals surface area (Å²) in [6.07, 6.45) is 2.16. The van der Waals surface area contributed by atoms with Gasteiger partial charge >= 0.3 is 0 Å². The number of carbonyl (C=O) groups is 2. The average molecular weight is 265 g/mol. The number of halogens is 1. The minimum absolute atomic E-state index is 0.475. The van der Waals surface area contributed by atoms with E-state index in [9.17, 15) is 9.59 Å². The van der Waals surface area contributed by atoms with E-state index >= 15 is 0 Å². The Morgan fingerprint density at radius 1 is 1.13 bits per heavy atom. The summed E-state index contributed by atoms with van der Waals surface area (Å²) in [6, 6.07) is 4.87. The monoisotopic (exact) mass is 264 g/mol. The first-order chi connectivity index (χ1) is 7.30. The number of benzene rings is 1. The van der Waals surface area contributed by atoms with Gasteiger partial charge in [-0.15, -0.1) is 0 Å². The first kappa shape index (κ1) is 11.7. The van der Waals surface area contributed by atoms with Crippen LogP contribution >= 0.6 is 15.9 Å². The quantitative estimate of drug-likeness (QED) is 0.478. The fourth-order valence-electron chi connectivity index (χ4n) is 1.10. The van der Waals surface area contributed by atoms with Crippen LogP contribution in [0.25, 0.3) is 0 Å². The molecule has 76 valence electrons. The third kappa shape index (κ3) is 3.69. The molecule has 2 nitrogen and oxygen atoms in total. The molecule has 0 bridgehead atoms. The molecule has 0 radical (unpaired) electrons. The number of carbonyl (C=O) groups excluding carboxylic acids is 2. The van der Waals surface area contributed by atoms with Gasteiger partial charge in [-0.2, -0.15) is 0 Å². The maximum absolute atomic E-state index is 10.6. The van der Waals surface area contributed by atoms with Crippen molar-refractivity contribution in [1.29, 1.82) is 0 Å². The smallest absolute Gasteiger partial charge is 0.150 e. The summed E-state index contributed by atoms with van der Waals surface area (Å²) >= 11 is 3.26. The van der Waals surface area contributed by atoms with E-state index in [-0.39, 0.29) is 0 Å². The maximum Gasteiger partial charge on any atom is 0.150 e. The van der Waals surface area contributed by atoms with Crippen LogP contribution in [0.15, 0.2) is 18.2 Å². The van der Waals surface area contributed by atoms with Crippen molar-refractivity contribution >= 4 is 28.5 Å². The third-order valence-electron chi connectivity index (χ3n) is 1.70. The lowest BCUT2D eigenvalue weighted by Gasteiger charge is -1.95. The van der Waals surface area contributed by atoms with Crippen molar-refractivity contribution in [3.05, 3.63) is 34.9 Å². The SMILES string of the molecule is O=Cc1cc(C#CCCBr)cc(C=O)c1. The molecule has 0 aliphatic rings. The molecule has 15 heavy (non-hydrogen) atoms. The maximum atomic E-state index is 10.6. The normalized spacial score (nSPS) is 8.87. The van der Waals surface area contributed by atoms with E-state index in [1.807, 2.05) is 0 Å². The van der Waals surface area contributed by atoms with Gasteiger partial charge in [0.1, 0.15) is 12.6 Å². The van der Waals surface area contributed by atoms with Crippen LogP contribution in [0.4, 0.5) is 0 Å². The number of hydrogen-bond acceptors (Lipinski definition) is 2. The van der Waals surface area contributed by atoms with Gasteiger partial charge in [-0.3, -0.25) is 9.59 Å². The Kier molecular flexibility index (Phi) is 4.79. The molecule has 1 aromatic carbocycles. The minimum Gasteiger partial charge on any atom is -0.298 e. The standard InChI is InChI=1S/C12H9BrO2/c13-4-2-1-3-10-5-11(8-14)7-12(6-10)9-15/h5-9H,2,4H2. The second-order valence-electron chi connectivity index (χ2n) is 2.86. The highest BCUT2D eigenvalue weighted by molar-refractivity contribution is 9.09. The molecule has 0 amide bonds. The van der Waals surface area contributed by atoms with Crippen LogP contribution in [-0.4, -0.2) is 17.9 Å². The molecule has 0 aromatic heterocycles. The molecule has 0 aliphatic carbocycles. The molecule has 3 heteroatoms. The van der Waals surface area contributed by atoms with Crippen molar-refractivity contribution in [3.8, 4) is 11.8 Å². The predicted molar refractivity (Wildman–Crippen MR) is 62.5 cm³/mol. The topological polar surface area (TPSA) is 34.1 Å². The highest BCUT2D eigenvalue weighted by Gasteiger charge is 1.97. The van der Waals surface area contributed by atoms with Gasteiger partial charge in [0.2, 0.25) is 0 Å². The highest BCUT2D eigenvalue weighted by Crippen LogP contribution is 2.06. The van der Waals surface area contributed by atoms with Gasteiger partial charge in [0.15, 0.2) is 0 Å². The van der Waals surface area contributed by atoms with Crippen LogP contribution in [0.3, 0.4) is 0 Å². The van der Waals surface area contributed by atoms with E-state index in [1.165, 1.54) is 6.07 Å². The van der Waals surface area contributed by atoms with Gasteiger partial charge in [-0.25, -0.2) is 0 Å². The van der Waals surface area contributed by atoms with Crippen molar-refractivity contribution in [2.45, 2.75) is 6.42 Å². The molecule has 0 spiro atoms. The van der Waals surface area contributed by atoms with E-state index in [0.717, 1.165) is 11.8 Å². The molecule has 0 fully saturated rings. The van der Waals surface area contributed by atoms with E-state index in [4.69, 9.17) is 0 Å². The molecule has 0 saturated heterocycles. The lowest BCUT2D eigenvalue weighted by Crippen LogP contribution is -1.88. The minimum atomic E-state index is 0.475. The van der Waals surface area contributed by atoms with Crippen molar-refractivity contribution in [2.75, 3.05) is 5.33 Å². The number of rotatable bonds is 3. The largest absolute Gasteiger partial charge is 0.298 e. The van der Waals surface area contributed by atoms with Crippen LogP contribution in [-0.2, 0) is 0 Å². The first-order valence-electron chi connectivity index (χ1n) is 4.40. The van der Waals surface area contributed by atoms with E-state index in [2.05, 4.69) is 27.8 Å². The summed E-state index contributed by atoms with van der Waals surface area (Å²) in [5, 5.41) is 0.813. The molecule has 1 aromatic rings. The lowest BCUT2D eigenvalue weighted by molar-refractivity contribution is 0.112. The zero-order valence-electron chi connectivity index (χ0n) is 8.00. The molecule has 0 heterocycles. The Morgan fingerprint density at radius 2 is 1.73 bits per heavy atom. The Morgan fingerprint density at radius 3 is 2.20 bits per heavy atom. The molecule has 1 rings (SSSR count). The molecular formula is C12H9BrO2. The summed E-state index contributed by atoms with van der Waals surface area (Å²) in [7, 11) is 0. The summed E-state index contributed by atoms with van der Waals surface area (Å²) in [6.45, 7) is 0. The van der Waals surface area contributed by atoms with Crippen molar-refractivity contribution in [1.82, 2.24) is 0 Å². The zero-order valence-corrected chi connectivity index (χ0v) is 9.58. The molecule has 0 atom stereocenters. The van der Waals surface area contributed by atoms with Crippen molar-refractivity contribution < 1.29 is 9.59 Å². The van der Waals surface area contributed by atoms with Crippen LogP contribution in [0.5, 0.6) is 0 Å². The fourth-order valence-corrected chi connectivity index (χ4v) is 1.29. The molecular weight excluding hydrogens is 256 g/mol. The third-order valence-corrected chi connectivity index (χ3v) is 2.10. The van der Waals surface area contributed by atoms with Gasteiger partial charge in [-0.1, -0.05) is 27.8 Å². The van der Waals surface area contributed by atoms with E-state index < -0.39 is 0 Å². The van der Waals surface area contributed by atoms with Crippen LogP contribution < -0.4 is 0 Å². The van der Waals surface area contributed by atoms with Gasteiger partial charge in [-0.05, 0) is 18.2 Å². The Labute approximate surface area is 96.8 Å². The summed E-state index contributed by atoms with van der Waals surface area (Å²) in [5.74, 6) is 5.82. The Bertz CT molecular complexity index is 401. The fraction of sp³-hybridized carbons (Fsp3) is 0.167. The lowest BCUT2D eigenvalue weighted by atomic mass is 10.1. The van der Waals surface area contributed by atoms with Crippen molar-refractivity contribution in [2.24, 2.45) is 0 Å². The van der Waals surface area contributed by atoms with Gasteiger partial charge in [0, 0.05) is 28.4 Å². The van der Waals surface area contributed by atoms with Crippen LogP contribution in [0.1, 0.15) is 32.7 Å². The molecule has 0 saturated carbocycles. The van der Waals surface area contributed by atoms with Gasteiger partial charge in [0.05, 0.1) is 0 Å². The summed E-state index contributed by atoms with van der Waals surface area (Å²) in [5.41, 5.74) is 1.65. The Hall–Kier alpha value is -1.40. The first-order valence-corrected chi connectivity index (χ1v) is 5.52. The number of alkyl halides is 1. The van der Waals surface area contributed by atoms with Crippen LogP contribution in [0, 0.1) is 11.8 Å². The highest BCUT2D eigenvalue weighted by atomic mass is 79.9. The number of aldehydes is 2. The summed E-state index contributed by atoms with van der Waals surface area (Å²) in [4.78, 5) is 21.2. The summed E-state index contributed by atoms with van der Waals surface area (Å²) < 4.78 is 0. The second kappa shape index (κ2) is 6.15. The van der Waals surface area contributed by atoms with Crippen molar-refractivity contribution in [3.63, 3.8) is 0 Å². The zero-order chi connectivity index (χ0) is 11.1. The molecule has 0 aliphatic heterocycles. The number of hydrogen-bond donors (Lipinski definition) is 0. The van der Waals surface area contributed by atoms with Gasteiger partial charge < -0.3 is 0 Å². The molecule has 0 unspecified atom stereocenters. The van der Waals surface area contributed by atoms with Crippen LogP contribution in [0.2, 0.25) is 0 Å². The second-order valence-corrected chi connectivity index (χ2v) is 3.66. The van der Waals surface area contributed by atoms with Gasteiger partial charge in [0.25, 0.3) is 0 Å². The Balaban J connectivity index is 3.03.